The first kappa shape index (κ1) is 14.7. The summed E-state index contributed by atoms with van der Waals surface area (Å²) >= 11 is 0. The van der Waals surface area contributed by atoms with E-state index in [0.29, 0.717) is 5.92 Å². The highest BCUT2D eigenvalue weighted by Gasteiger charge is 2.12. The smallest absolute Gasteiger partial charge is 0.123 e. The van der Waals surface area contributed by atoms with Gasteiger partial charge in [-0.15, -0.1) is 0 Å². The predicted molar refractivity (Wildman–Crippen MR) is 79.0 cm³/mol. The quantitative estimate of drug-likeness (QED) is 0.841. The minimum Gasteiger partial charge on any atom is -0.317 e. The van der Waals surface area contributed by atoms with Crippen LogP contribution >= 0.6 is 0 Å². The predicted octanol–water partition coefficient (Wildman–Crippen LogP) is 2.57. The highest BCUT2D eigenvalue weighted by Crippen LogP contribution is 2.15. The molecule has 1 atom stereocenters. The van der Waals surface area contributed by atoms with E-state index in [1.54, 1.807) is 12.1 Å². The van der Waals surface area contributed by atoms with Crippen LogP contribution < -0.4 is 5.32 Å². The second-order valence-electron chi connectivity index (χ2n) is 5.23. The summed E-state index contributed by atoms with van der Waals surface area (Å²) in [6, 6.07) is 6.89. The van der Waals surface area contributed by atoms with Crippen LogP contribution in [0, 0.1) is 11.7 Å². The Morgan fingerprint density at radius 1 is 1.30 bits per heavy atom. The van der Waals surface area contributed by atoms with Crippen molar-refractivity contribution in [3.05, 3.63) is 53.6 Å². The molecule has 1 heterocycles. The van der Waals surface area contributed by atoms with E-state index in [9.17, 15) is 4.39 Å². The van der Waals surface area contributed by atoms with E-state index >= 15 is 0 Å². The molecule has 20 heavy (non-hydrogen) atoms. The molecule has 1 N–H and O–H groups in total. The average molecular weight is 275 g/mol. The van der Waals surface area contributed by atoms with Crippen LogP contribution in [0.25, 0.3) is 0 Å². The Kier molecular flexibility index (Phi) is 5.30. The molecule has 1 aromatic heterocycles. The minimum absolute atomic E-state index is 0.161. The van der Waals surface area contributed by atoms with E-state index in [1.165, 1.54) is 11.6 Å². The lowest BCUT2D eigenvalue weighted by molar-refractivity contribution is 0.477. The van der Waals surface area contributed by atoms with Crippen molar-refractivity contribution in [3.63, 3.8) is 0 Å². The van der Waals surface area contributed by atoms with Crippen molar-refractivity contribution in [2.24, 2.45) is 13.0 Å². The molecule has 2 aromatic rings. The summed E-state index contributed by atoms with van der Waals surface area (Å²) in [6.45, 7) is 3.98. The molecule has 0 amide bonds. The number of benzene rings is 1. The topological polar surface area (TPSA) is 29.9 Å². The molecule has 0 aliphatic carbocycles. The van der Waals surface area contributed by atoms with Gasteiger partial charge in [-0.25, -0.2) is 4.39 Å². The maximum atomic E-state index is 13.3. The number of aryl methyl sites for hydroxylation is 1. The highest BCUT2D eigenvalue weighted by atomic mass is 19.1. The van der Waals surface area contributed by atoms with Crippen LogP contribution in [0.4, 0.5) is 4.39 Å². The fraction of sp³-hybridized carbons (Fsp3) is 0.438. The number of nitrogens with zero attached hydrogens (tertiary/aromatic N) is 2. The van der Waals surface area contributed by atoms with Gasteiger partial charge in [0.15, 0.2) is 0 Å². The van der Waals surface area contributed by atoms with Crippen LogP contribution in [-0.4, -0.2) is 22.9 Å². The van der Waals surface area contributed by atoms with E-state index in [4.69, 9.17) is 0 Å². The highest BCUT2D eigenvalue weighted by molar-refractivity contribution is 5.17. The Morgan fingerprint density at radius 3 is 2.75 bits per heavy atom. The Labute approximate surface area is 119 Å². The fourth-order valence-corrected chi connectivity index (χ4v) is 2.47. The molecule has 0 saturated heterocycles. The molecule has 3 nitrogen and oxygen atoms in total. The molecule has 1 aromatic carbocycles. The van der Waals surface area contributed by atoms with Crippen LogP contribution in [0.15, 0.2) is 36.7 Å². The van der Waals surface area contributed by atoms with Gasteiger partial charge in [0.2, 0.25) is 0 Å². The normalized spacial score (nSPS) is 12.6. The van der Waals surface area contributed by atoms with Crippen molar-refractivity contribution in [2.45, 2.75) is 19.8 Å². The van der Waals surface area contributed by atoms with Gasteiger partial charge in [-0.3, -0.25) is 4.68 Å². The van der Waals surface area contributed by atoms with Gasteiger partial charge in [0, 0.05) is 13.2 Å². The first-order valence-corrected chi connectivity index (χ1v) is 7.10. The number of aromatic nitrogens is 2. The van der Waals surface area contributed by atoms with Crippen LogP contribution in [0.3, 0.4) is 0 Å². The van der Waals surface area contributed by atoms with Gasteiger partial charge < -0.3 is 5.32 Å². The number of rotatable bonds is 7. The summed E-state index contributed by atoms with van der Waals surface area (Å²) < 4.78 is 15.1. The first-order chi connectivity index (χ1) is 9.67. The van der Waals surface area contributed by atoms with Gasteiger partial charge in [-0.05, 0) is 55.1 Å². The van der Waals surface area contributed by atoms with Gasteiger partial charge in [-0.1, -0.05) is 19.1 Å². The molecule has 0 radical (unpaired) electrons. The van der Waals surface area contributed by atoms with Crippen LogP contribution in [0.2, 0.25) is 0 Å². The van der Waals surface area contributed by atoms with Crippen LogP contribution in [0.5, 0.6) is 0 Å². The molecular formula is C16H22FN3. The van der Waals surface area contributed by atoms with Crippen molar-refractivity contribution in [1.82, 2.24) is 15.1 Å². The van der Waals surface area contributed by atoms with E-state index in [-0.39, 0.29) is 5.82 Å². The molecule has 0 aliphatic rings. The monoisotopic (exact) mass is 275 g/mol. The van der Waals surface area contributed by atoms with Gasteiger partial charge in [0.1, 0.15) is 5.82 Å². The molecule has 0 aliphatic heterocycles. The maximum absolute atomic E-state index is 13.3. The molecule has 0 spiro atoms. The van der Waals surface area contributed by atoms with Crippen molar-refractivity contribution < 1.29 is 4.39 Å². The summed E-state index contributed by atoms with van der Waals surface area (Å²) in [4.78, 5) is 0. The van der Waals surface area contributed by atoms with Gasteiger partial charge in [0.25, 0.3) is 0 Å². The third-order valence-electron chi connectivity index (χ3n) is 3.38. The van der Waals surface area contributed by atoms with Crippen molar-refractivity contribution >= 4 is 0 Å². The Bertz CT molecular complexity index is 536. The zero-order chi connectivity index (χ0) is 14.4. The van der Waals surface area contributed by atoms with Crippen molar-refractivity contribution in [2.75, 3.05) is 13.1 Å². The third kappa shape index (κ3) is 4.46. The summed E-state index contributed by atoms with van der Waals surface area (Å²) in [5, 5.41) is 7.60. The second-order valence-corrected chi connectivity index (χ2v) is 5.23. The molecule has 4 heteroatoms. The Hall–Kier alpha value is -1.68. The average Bonchev–Trinajstić information content (AvgIpc) is 2.81. The van der Waals surface area contributed by atoms with Crippen LogP contribution in [-0.2, 0) is 19.9 Å². The van der Waals surface area contributed by atoms with Crippen molar-refractivity contribution in [3.8, 4) is 0 Å². The molecule has 2 rings (SSSR count). The van der Waals surface area contributed by atoms with Crippen molar-refractivity contribution in [1.29, 1.82) is 0 Å². The number of hydrogen-bond acceptors (Lipinski definition) is 2. The molecular weight excluding hydrogens is 253 g/mol. The van der Waals surface area contributed by atoms with E-state index < -0.39 is 0 Å². The number of nitrogens with one attached hydrogen (secondary N) is 1. The lowest BCUT2D eigenvalue weighted by Gasteiger charge is -2.16. The number of hydrogen-bond donors (Lipinski definition) is 1. The van der Waals surface area contributed by atoms with Gasteiger partial charge >= 0.3 is 0 Å². The minimum atomic E-state index is -0.161. The summed E-state index contributed by atoms with van der Waals surface area (Å²) in [6.07, 6.45) is 5.78. The first-order valence-electron chi connectivity index (χ1n) is 7.10. The lowest BCUT2D eigenvalue weighted by atomic mass is 9.93. The molecule has 1 unspecified atom stereocenters. The summed E-state index contributed by atoms with van der Waals surface area (Å²) in [5.74, 6) is 0.284. The fourth-order valence-electron chi connectivity index (χ4n) is 2.47. The SMILES string of the molecule is CCNCC(Cc1cccc(F)c1)Cc1cnn(C)c1. The van der Waals surface area contributed by atoms with Gasteiger partial charge in [0.05, 0.1) is 6.20 Å². The van der Waals surface area contributed by atoms with E-state index in [0.717, 1.165) is 31.5 Å². The summed E-state index contributed by atoms with van der Waals surface area (Å²) in [5.41, 5.74) is 2.28. The lowest BCUT2D eigenvalue weighted by Crippen LogP contribution is -2.25. The van der Waals surface area contributed by atoms with E-state index in [1.807, 2.05) is 30.2 Å². The molecule has 0 saturated carbocycles. The molecule has 0 fully saturated rings. The Morgan fingerprint density at radius 2 is 2.10 bits per heavy atom. The Balaban J connectivity index is 2.02. The molecule has 0 bridgehead atoms. The third-order valence-corrected chi connectivity index (χ3v) is 3.38. The maximum Gasteiger partial charge on any atom is 0.123 e. The number of halogens is 1. The second kappa shape index (κ2) is 7.20. The zero-order valence-corrected chi connectivity index (χ0v) is 12.1. The van der Waals surface area contributed by atoms with Gasteiger partial charge in [-0.2, -0.15) is 5.10 Å². The standard InChI is InChI=1S/C16H22FN3/c1-3-18-10-14(8-15-11-19-20(2)12-15)7-13-5-4-6-16(17)9-13/h4-6,9,11-12,14,18H,3,7-8,10H2,1-2H3. The van der Waals surface area contributed by atoms with Crippen LogP contribution in [0.1, 0.15) is 18.1 Å². The largest absolute Gasteiger partial charge is 0.317 e. The summed E-state index contributed by atoms with van der Waals surface area (Å²) in [7, 11) is 1.93. The molecule has 108 valence electrons. The van der Waals surface area contributed by atoms with E-state index in [2.05, 4.69) is 17.3 Å². The zero-order valence-electron chi connectivity index (χ0n) is 12.1.